The summed E-state index contributed by atoms with van der Waals surface area (Å²) in [5.41, 5.74) is 6.28. The average molecular weight is 167 g/mol. The smallest absolute Gasteiger partial charge is 0.250 e. The minimum absolute atomic E-state index is 0.156. The van der Waals surface area contributed by atoms with E-state index in [4.69, 9.17) is 5.73 Å². The van der Waals surface area contributed by atoms with E-state index in [0.29, 0.717) is 11.6 Å². The lowest BCUT2D eigenvalue weighted by atomic mass is 10.0. The Bertz CT molecular complexity index is 305. The fourth-order valence-electron chi connectivity index (χ4n) is 0.907. The van der Waals surface area contributed by atoms with Gasteiger partial charge in [-0.2, -0.15) is 0 Å². The highest BCUT2D eigenvalue weighted by Crippen LogP contribution is 2.13. The number of aromatic amines is 1. The van der Waals surface area contributed by atoms with Crippen molar-refractivity contribution in [1.82, 2.24) is 9.97 Å². The average Bonchev–Trinajstić information content (AvgIpc) is 2.03. The molecular formula is C8H13N3O. The normalized spacial score (nSPS) is 13.3. The number of H-pyrrole nitrogens is 1. The molecule has 0 radical (unpaired) electrons. The Morgan fingerprint density at radius 2 is 2.25 bits per heavy atom. The summed E-state index contributed by atoms with van der Waals surface area (Å²) >= 11 is 0. The molecule has 1 aromatic rings. The van der Waals surface area contributed by atoms with Crippen molar-refractivity contribution in [2.45, 2.75) is 19.9 Å². The molecule has 0 bridgehead atoms. The van der Waals surface area contributed by atoms with Crippen LogP contribution in [0, 0.1) is 5.92 Å². The van der Waals surface area contributed by atoms with Gasteiger partial charge in [0.15, 0.2) is 0 Å². The van der Waals surface area contributed by atoms with Gasteiger partial charge in [0.05, 0.1) is 12.0 Å². The van der Waals surface area contributed by atoms with Crippen LogP contribution in [-0.4, -0.2) is 9.97 Å². The predicted molar refractivity (Wildman–Crippen MR) is 46.6 cm³/mol. The van der Waals surface area contributed by atoms with E-state index in [-0.39, 0.29) is 11.6 Å². The summed E-state index contributed by atoms with van der Waals surface area (Å²) in [4.78, 5) is 17.3. The van der Waals surface area contributed by atoms with Crippen LogP contribution in [0.2, 0.25) is 0 Å². The molecule has 12 heavy (non-hydrogen) atoms. The lowest BCUT2D eigenvalue weighted by molar-refractivity contribution is 0.501. The third-order valence-electron chi connectivity index (χ3n) is 1.76. The van der Waals surface area contributed by atoms with E-state index < -0.39 is 0 Å². The van der Waals surface area contributed by atoms with Crippen LogP contribution < -0.4 is 11.3 Å². The van der Waals surface area contributed by atoms with Gasteiger partial charge in [-0.25, -0.2) is 4.98 Å². The van der Waals surface area contributed by atoms with Crippen LogP contribution >= 0.6 is 0 Å². The SMILES string of the molecule is CC(C)[C@@H](N)c1cc(=O)[nH]cn1. The van der Waals surface area contributed by atoms with Crippen LogP contribution in [0.15, 0.2) is 17.2 Å². The summed E-state index contributed by atoms with van der Waals surface area (Å²) in [6.45, 7) is 3.99. The van der Waals surface area contributed by atoms with Crippen molar-refractivity contribution >= 4 is 0 Å². The number of rotatable bonds is 2. The molecule has 1 atom stereocenters. The van der Waals surface area contributed by atoms with Gasteiger partial charge in [0.1, 0.15) is 0 Å². The molecule has 0 saturated carbocycles. The van der Waals surface area contributed by atoms with Crippen LogP contribution in [0.25, 0.3) is 0 Å². The summed E-state index contributed by atoms with van der Waals surface area (Å²) in [6.07, 6.45) is 1.37. The summed E-state index contributed by atoms with van der Waals surface area (Å²) in [7, 11) is 0. The van der Waals surface area contributed by atoms with Crippen LogP contribution in [0.4, 0.5) is 0 Å². The number of nitrogens with zero attached hydrogens (tertiary/aromatic N) is 1. The van der Waals surface area contributed by atoms with Crippen molar-refractivity contribution in [2.75, 3.05) is 0 Å². The summed E-state index contributed by atoms with van der Waals surface area (Å²) in [5, 5.41) is 0. The minimum atomic E-state index is -0.160. The molecule has 0 fully saturated rings. The maximum atomic E-state index is 10.9. The highest BCUT2D eigenvalue weighted by molar-refractivity contribution is 5.04. The third kappa shape index (κ3) is 1.92. The molecule has 1 aromatic heterocycles. The van der Waals surface area contributed by atoms with Crippen LogP contribution in [0.5, 0.6) is 0 Å². The second kappa shape index (κ2) is 3.49. The summed E-state index contributed by atoms with van der Waals surface area (Å²) < 4.78 is 0. The van der Waals surface area contributed by atoms with E-state index in [2.05, 4.69) is 9.97 Å². The number of nitrogens with one attached hydrogen (secondary N) is 1. The van der Waals surface area contributed by atoms with Gasteiger partial charge in [0.2, 0.25) is 0 Å². The van der Waals surface area contributed by atoms with E-state index in [9.17, 15) is 4.79 Å². The quantitative estimate of drug-likeness (QED) is 0.670. The molecule has 0 aliphatic rings. The Hall–Kier alpha value is -1.16. The van der Waals surface area contributed by atoms with Crippen molar-refractivity contribution in [1.29, 1.82) is 0 Å². The zero-order valence-electron chi connectivity index (χ0n) is 7.24. The molecule has 4 heteroatoms. The molecule has 0 spiro atoms. The first-order valence-electron chi connectivity index (χ1n) is 3.91. The monoisotopic (exact) mass is 167 g/mol. The van der Waals surface area contributed by atoms with Crippen LogP contribution in [-0.2, 0) is 0 Å². The first kappa shape index (κ1) is 8.93. The summed E-state index contributed by atoms with van der Waals surface area (Å²) in [5.74, 6) is 0.291. The molecule has 0 amide bonds. The maximum absolute atomic E-state index is 10.9. The van der Waals surface area contributed by atoms with Gasteiger partial charge in [0.25, 0.3) is 5.56 Å². The van der Waals surface area contributed by atoms with E-state index in [0.717, 1.165) is 0 Å². The maximum Gasteiger partial charge on any atom is 0.250 e. The number of hydrogen-bond donors (Lipinski definition) is 2. The van der Waals surface area contributed by atoms with Gasteiger partial charge in [-0.15, -0.1) is 0 Å². The largest absolute Gasteiger partial charge is 0.322 e. The molecule has 1 rings (SSSR count). The highest BCUT2D eigenvalue weighted by atomic mass is 16.1. The van der Waals surface area contributed by atoms with Gasteiger partial charge < -0.3 is 10.7 Å². The molecule has 0 aliphatic heterocycles. The first-order chi connectivity index (χ1) is 5.61. The van der Waals surface area contributed by atoms with Gasteiger partial charge in [-0.05, 0) is 5.92 Å². The molecule has 4 nitrogen and oxygen atoms in total. The fraction of sp³-hybridized carbons (Fsp3) is 0.500. The predicted octanol–water partition coefficient (Wildman–Crippen LogP) is 0.426. The highest BCUT2D eigenvalue weighted by Gasteiger charge is 2.11. The molecule has 0 aromatic carbocycles. The van der Waals surface area contributed by atoms with Crippen molar-refractivity contribution in [3.8, 4) is 0 Å². The Balaban J connectivity index is 2.95. The fourth-order valence-corrected chi connectivity index (χ4v) is 0.907. The standard InChI is InChI=1S/C8H13N3O/c1-5(2)8(9)6-3-7(12)11-4-10-6/h3-5,8H,9H2,1-2H3,(H,10,11,12)/t8-/m1/s1. The Labute approximate surface area is 70.8 Å². The number of aromatic nitrogens is 2. The van der Waals surface area contributed by atoms with Gasteiger partial charge in [-0.1, -0.05) is 13.8 Å². The van der Waals surface area contributed by atoms with Crippen molar-refractivity contribution < 1.29 is 0 Å². The second-order valence-electron chi connectivity index (χ2n) is 3.11. The lowest BCUT2D eigenvalue weighted by Gasteiger charge is -2.13. The number of nitrogens with two attached hydrogens (primary N) is 1. The molecule has 66 valence electrons. The second-order valence-corrected chi connectivity index (χ2v) is 3.11. The molecule has 0 saturated heterocycles. The Kier molecular flexibility index (Phi) is 2.60. The van der Waals surface area contributed by atoms with Gasteiger partial charge in [0, 0.05) is 12.1 Å². The van der Waals surface area contributed by atoms with E-state index >= 15 is 0 Å². The molecular weight excluding hydrogens is 154 g/mol. The summed E-state index contributed by atoms with van der Waals surface area (Å²) in [6, 6.07) is 1.28. The zero-order valence-corrected chi connectivity index (χ0v) is 7.24. The zero-order chi connectivity index (χ0) is 9.14. The van der Waals surface area contributed by atoms with E-state index in [1.54, 1.807) is 0 Å². The topological polar surface area (TPSA) is 71.8 Å². The molecule has 1 heterocycles. The Morgan fingerprint density at radius 3 is 2.75 bits per heavy atom. The first-order valence-corrected chi connectivity index (χ1v) is 3.91. The van der Waals surface area contributed by atoms with Crippen LogP contribution in [0.3, 0.4) is 0 Å². The van der Waals surface area contributed by atoms with Crippen LogP contribution in [0.1, 0.15) is 25.6 Å². The van der Waals surface area contributed by atoms with E-state index in [1.807, 2.05) is 13.8 Å². The third-order valence-corrected chi connectivity index (χ3v) is 1.76. The molecule has 0 aliphatic carbocycles. The Morgan fingerprint density at radius 1 is 1.58 bits per heavy atom. The van der Waals surface area contributed by atoms with E-state index in [1.165, 1.54) is 12.4 Å². The molecule has 3 N–H and O–H groups in total. The van der Waals surface area contributed by atoms with Crippen molar-refractivity contribution in [2.24, 2.45) is 11.7 Å². The van der Waals surface area contributed by atoms with Gasteiger partial charge in [-0.3, -0.25) is 4.79 Å². The number of hydrogen-bond acceptors (Lipinski definition) is 3. The molecule has 0 unspecified atom stereocenters. The van der Waals surface area contributed by atoms with Crippen molar-refractivity contribution in [3.63, 3.8) is 0 Å². The van der Waals surface area contributed by atoms with Crippen molar-refractivity contribution in [3.05, 3.63) is 28.4 Å². The lowest BCUT2D eigenvalue weighted by Crippen LogP contribution is -2.20. The van der Waals surface area contributed by atoms with Gasteiger partial charge >= 0.3 is 0 Å². The minimum Gasteiger partial charge on any atom is -0.322 e.